The predicted molar refractivity (Wildman–Crippen MR) is 72.5 cm³/mol. The smallest absolute Gasteiger partial charge is 0.0795 e. The molecule has 4 nitrogen and oxygen atoms in total. The molecule has 3 heterocycles. The van der Waals surface area contributed by atoms with E-state index in [1.165, 1.54) is 12.2 Å². The van der Waals surface area contributed by atoms with Crippen LogP contribution >= 0.6 is 11.8 Å². The number of nitrogens with zero attached hydrogens (tertiary/aromatic N) is 2. The molecule has 1 aromatic heterocycles. The standard InChI is InChI=1S/C13H19N3OS/c1-2-12(16-15-5-1)9-14-11-3-6-17-13(8-11)4-7-18-10-13/h1-2,5,11,14H,3-4,6-10H2. The predicted octanol–water partition coefficient (Wildman–Crippen LogP) is 1.62. The molecule has 0 bridgehead atoms. The van der Waals surface area contributed by atoms with Crippen LogP contribution in [-0.4, -0.2) is 40.0 Å². The van der Waals surface area contributed by atoms with Gasteiger partial charge in [-0.25, -0.2) is 0 Å². The Morgan fingerprint density at radius 3 is 3.33 bits per heavy atom. The highest BCUT2D eigenvalue weighted by atomic mass is 32.2. The van der Waals surface area contributed by atoms with Gasteiger partial charge in [-0.15, -0.1) is 0 Å². The average molecular weight is 265 g/mol. The molecule has 18 heavy (non-hydrogen) atoms. The molecule has 2 atom stereocenters. The highest BCUT2D eigenvalue weighted by Crippen LogP contribution is 2.38. The summed E-state index contributed by atoms with van der Waals surface area (Å²) in [6.07, 6.45) is 5.16. The van der Waals surface area contributed by atoms with Gasteiger partial charge >= 0.3 is 0 Å². The highest BCUT2D eigenvalue weighted by Gasteiger charge is 2.40. The summed E-state index contributed by atoms with van der Waals surface area (Å²) in [7, 11) is 0. The highest BCUT2D eigenvalue weighted by molar-refractivity contribution is 7.99. The van der Waals surface area contributed by atoms with E-state index in [1.807, 2.05) is 23.9 Å². The van der Waals surface area contributed by atoms with Gasteiger partial charge in [0.15, 0.2) is 0 Å². The van der Waals surface area contributed by atoms with E-state index in [2.05, 4.69) is 15.5 Å². The summed E-state index contributed by atoms with van der Waals surface area (Å²) in [6, 6.07) is 4.50. The zero-order chi connectivity index (χ0) is 12.3. The fourth-order valence-electron chi connectivity index (χ4n) is 2.74. The Labute approximate surface area is 112 Å². The molecule has 2 unspecified atom stereocenters. The second-order valence-electron chi connectivity index (χ2n) is 5.12. The minimum atomic E-state index is 0.156. The van der Waals surface area contributed by atoms with Gasteiger partial charge in [-0.2, -0.15) is 22.0 Å². The zero-order valence-electron chi connectivity index (χ0n) is 10.5. The maximum Gasteiger partial charge on any atom is 0.0795 e. The minimum absolute atomic E-state index is 0.156. The Hall–Kier alpha value is -0.650. The number of rotatable bonds is 3. The van der Waals surface area contributed by atoms with E-state index in [1.54, 1.807) is 6.20 Å². The second kappa shape index (κ2) is 5.55. The van der Waals surface area contributed by atoms with Crippen molar-refractivity contribution in [3.8, 4) is 0 Å². The van der Waals surface area contributed by atoms with Crippen LogP contribution in [0.25, 0.3) is 0 Å². The van der Waals surface area contributed by atoms with E-state index in [0.717, 1.165) is 37.4 Å². The van der Waals surface area contributed by atoms with Crippen LogP contribution in [0.5, 0.6) is 0 Å². The van der Waals surface area contributed by atoms with Crippen molar-refractivity contribution in [2.45, 2.75) is 37.5 Å². The fourth-order valence-corrected chi connectivity index (χ4v) is 4.12. The van der Waals surface area contributed by atoms with Gasteiger partial charge in [0.25, 0.3) is 0 Å². The van der Waals surface area contributed by atoms with Gasteiger partial charge in [0.2, 0.25) is 0 Å². The van der Waals surface area contributed by atoms with Crippen molar-refractivity contribution in [3.63, 3.8) is 0 Å². The molecule has 1 aromatic rings. The van der Waals surface area contributed by atoms with Gasteiger partial charge in [0, 0.05) is 31.1 Å². The molecular formula is C13H19N3OS. The molecule has 98 valence electrons. The van der Waals surface area contributed by atoms with Crippen LogP contribution in [0.2, 0.25) is 0 Å². The summed E-state index contributed by atoms with van der Waals surface area (Å²) in [6.45, 7) is 1.69. The molecule has 0 amide bonds. The summed E-state index contributed by atoms with van der Waals surface area (Å²) in [5, 5.41) is 11.6. The van der Waals surface area contributed by atoms with Gasteiger partial charge in [-0.05, 0) is 37.1 Å². The van der Waals surface area contributed by atoms with Crippen LogP contribution in [0.15, 0.2) is 18.3 Å². The van der Waals surface area contributed by atoms with Gasteiger partial charge in [-0.3, -0.25) is 0 Å². The van der Waals surface area contributed by atoms with Crippen LogP contribution < -0.4 is 5.32 Å². The van der Waals surface area contributed by atoms with E-state index < -0.39 is 0 Å². The van der Waals surface area contributed by atoms with E-state index in [4.69, 9.17) is 4.74 Å². The lowest BCUT2D eigenvalue weighted by molar-refractivity contribution is -0.0703. The third-order valence-electron chi connectivity index (χ3n) is 3.76. The normalized spacial score (nSPS) is 31.9. The molecule has 2 aliphatic heterocycles. The van der Waals surface area contributed by atoms with Crippen molar-refractivity contribution in [1.82, 2.24) is 15.5 Å². The third-order valence-corrected chi connectivity index (χ3v) is 4.98. The van der Waals surface area contributed by atoms with Crippen LogP contribution in [0.1, 0.15) is 25.0 Å². The molecular weight excluding hydrogens is 246 g/mol. The molecule has 0 radical (unpaired) electrons. The number of aromatic nitrogens is 2. The second-order valence-corrected chi connectivity index (χ2v) is 6.22. The SMILES string of the molecule is c1cnnc(CNC2CCOC3(CCSC3)C2)c1. The first kappa shape index (κ1) is 12.4. The van der Waals surface area contributed by atoms with Crippen molar-refractivity contribution in [1.29, 1.82) is 0 Å². The quantitative estimate of drug-likeness (QED) is 0.900. The van der Waals surface area contributed by atoms with Gasteiger partial charge < -0.3 is 10.1 Å². The summed E-state index contributed by atoms with van der Waals surface area (Å²) in [5.41, 5.74) is 1.17. The molecule has 0 aliphatic carbocycles. The molecule has 2 aliphatic rings. The number of hydrogen-bond donors (Lipinski definition) is 1. The maximum absolute atomic E-state index is 6.02. The molecule has 0 saturated carbocycles. The minimum Gasteiger partial charge on any atom is -0.374 e. The van der Waals surface area contributed by atoms with Gasteiger partial charge in [0.1, 0.15) is 0 Å². The largest absolute Gasteiger partial charge is 0.374 e. The zero-order valence-corrected chi connectivity index (χ0v) is 11.3. The molecule has 3 rings (SSSR count). The number of nitrogens with one attached hydrogen (secondary N) is 1. The Balaban J connectivity index is 1.54. The third kappa shape index (κ3) is 2.84. The van der Waals surface area contributed by atoms with E-state index in [9.17, 15) is 0 Å². The van der Waals surface area contributed by atoms with E-state index in [-0.39, 0.29) is 5.60 Å². The van der Waals surface area contributed by atoms with Crippen molar-refractivity contribution in [3.05, 3.63) is 24.0 Å². The summed E-state index contributed by atoms with van der Waals surface area (Å²) >= 11 is 2.02. The first-order valence-corrected chi connectivity index (χ1v) is 7.73. The first-order valence-electron chi connectivity index (χ1n) is 6.58. The molecule has 0 aromatic carbocycles. The summed E-state index contributed by atoms with van der Waals surface area (Å²) in [4.78, 5) is 0. The number of hydrogen-bond acceptors (Lipinski definition) is 5. The topological polar surface area (TPSA) is 47.0 Å². The van der Waals surface area contributed by atoms with Crippen molar-refractivity contribution in [2.75, 3.05) is 18.1 Å². The molecule has 1 spiro atoms. The van der Waals surface area contributed by atoms with Crippen molar-refractivity contribution < 1.29 is 4.74 Å². The molecule has 1 N–H and O–H groups in total. The van der Waals surface area contributed by atoms with Gasteiger partial charge in [-0.1, -0.05) is 0 Å². The Morgan fingerprint density at radius 1 is 1.56 bits per heavy atom. The van der Waals surface area contributed by atoms with Crippen molar-refractivity contribution >= 4 is 11.8 Å². The van der Waals surface area contributed by atoms with Crippen LogP contribution in [-0.2, 0) is 11.3 Å². The first-order chi connectivity index (χ1) is 8.86. The average Bonchev–Trinajstić information content (AvgIpc) is 2.86. The van der Waals surface area contributed by atoms with Crippen LogP contribution in [0.3, 0.4) is 0 Å². The lowest BCUT2D eigenvalue weighted by Crippen LogP contribution is -2.47. The Morgan fingerprint density at radius 2 is 2.56 bits per heavy atom. The summed E-state index contributed by atoms with van der Waals surface area (Å²) < 4.78 is 6.02. The molecule has 5 heteroatoms. The van der Waals surface area contributed by atoms with Gasteiger partial charge in [0.05, 0.1) is 11.3 Å². The number of thioether (sulfide) groups is 1. The van der Waals surface area contributed by atoms with E-state index >= 15 is 0 Å². The molecule has 2 saturated heterocycles. The monoisotopic (exact) mass is 265 g/mol. The number of ether oxygens (including phenoxy) is 1. The fraction of sp³-hybridized carbons (Fsp3) is 0.692. The molecule has 2 fully saturated rings. The maximum atomic E-state index is 6.02. The van der Waals surface area contributed by atoms with E-state index in [0.29, 0.717) is 6.04 Å². The Bertz CT molecular complexity index is 381. The lowest BCUT2D eigenvalue weighted by atomic mass is 9.90. The summed E-state index contributed by atoms with van der Waals surface area (Å²) in [5.74, 6) is 2.41. The van der Waals surface area contributed by atoms with Crippen LogP contribution in [0.4, 0.5) is 0 Å². The lowest BCUT2D eigenvalue weighted by Gasteiger charge is -2.38. The van der Waals surface area contributed by atoms with Crippen molar-refractivity contribution in [2.24, 2.45) is 0 Å². The Kier molecular flexibility index (Phi) is 3.82. The van der Waals surface area contributed by atoms with Crippen LogP contribution in [0, 0.1) is 0 Å².